The van der Waals surface area contributed by atoms with Gasteiger partial charge in [0.25, 0.3) is 0 Å². The van der Waals surface area contributed by atoms with Gasteiger partial charge in [-0.1, -0.05) is 35.5 Å². The van der Waals surface area contributed by atoms with Crippen molar-refractivity contribution in [1.82, 2.24) is 0 Å². The second-order valence-corrected chi connectivity index (χ2v) is 4.28. The van der Waals surface area contributed by atoms with Crippen LogP contribution in [0.3, 0.4) is 0 Å². The predicted molar refractivity (Wildman–Crippen MR) is 78.0 cm³/mol. The van der Waals surface area contributed by atoms with E-state index in [4.69, 9.17) is 9.47 Å². The van der Waals surface area contributed by atoms with Crippen LogP contribution >= 0.6 is 0 Å². The van der Waals surface area contributed by atoms with Crippen molar-refractivity contribution in [1.29, 1.82) is 0 Å². The van der Waals surface area contributed by atoms with Crippen molar-refractivity contribution >= 4 is 5.71 Å². The van der Waals surface area contributed by atoms with Gasteiger partial charge in [0.15, 0.2) is 11.5 Å². The number of benzene rings is 2. The Bertz CT molecular complexity index is 594. The molecule has 1 N–H and O–H groups in total. The largest absolute Gasteiger partial charge is 0.493 e. The van der Waals surface area contributed by atoms with Gasteiger partial charge < -0.3 is 14.7 Å². The Morgan fingerprint density at radius 1 is 1.00 bits per heavy atom. The first-order valence-electron chi connectivity index (χ1n) is 6.25. The molecule has 104 valence electrons. The van der Waals surface area contributed by atoms with E-state index in [9.17, 15) is 5.21 Å². The molecule has 0 spiro atoms. The third-order valence-corrected chi connectivity index (χ3v) is 3.05. The van der Waals surface area contributed by atoms with E-state index in [2.05, 4.69) is 5.16 Å². The molecule has 2 aromatic carbocycles. The Morgan fingerprint density at radius 3 is 2.30 bits per heavy atom. The van der Waals surface area contributed by atoms with Crippen LogP contribution in [0, 0.1) is 0 Å². The Labute approximate surface area is 118 Å². The van der Waals surface area contributed by atoms with Crippen molar-refractivity contribution in [3.05, 3.63) is 59.7 Å². The Hall–Kier alpha value is -2.49. The molecule has 0 saturated carbocycles. The van der Waals surface area contributed by atoms with Crippen LogP contribution in [0.15, 0.2) is 53.7 Å². The monoisotopic (exact) mass is 271 g/mol. The van der Waals surface area contributed by atoms with E-state index in [0.717, 1.165) is 11.1 Å². The van der Waals surface area contributed by atoms with Gasteiger partial charge in [-0.15, -0.1) is 0 Å². The van der Waals surface area contributed by atoms with Crippen molar-refractivity contribution in [2.24, 2.45) is 5.16 Å². The van der Waals surface area contributed by atoms with Crippen LogP contribution in [0.25, 0.3) is 0 Å². The lowest BCUT2D eigenvalue weighted by Gasteiger charge is -2.10. The summed E-state index contributed by atoms with van der Waals surface area (Å²) in [5.41, 5.74) is 2.46. The first-order chi connectivity index (χ1) is 9.78. The standard InChI is InChI=1S/C16H17NO3/c1-19-15-9-8-13(11-16(15)20-2)14(17-18)10-12-6-4-3-5-7-12/h3-9,11,18H,10H2,1-2H3. The number of rotatable bonds is 5. The Morgan fingerprint density at radius 2 is 1.70 bits per heavy atom. The van der Waals surface area contributed by atoms with Crippen LogP contribution in [-0.2, 0) is 6.42 Å². The molecule has 0 amide bonds. The van der Waals surface area contributed by atoms with Crippen LogP contribution in [0.4, 0.5) is 0 Å². The van der Waals surface area contributed by atoms with Gasteiger partial charge in [0, 0.05) is 12.0 Å². The highest BCUT2D eigenvalue weighted by atomic mass is 16.5. The molecular weight excluding hydrogens is 254 g/mol. The van der Waals surface area contributed by atoms with Crippen molar-refractivity contribution in [2.45, 2.75) is 6.42 Å². The lowest BCUT2D eigenvalue weighted by atomic mass is 10.0. The number of methoxy groups -OCH3 is 2. The van der Waals surface area contributed by atoms with E-state index < -0.39 is 0 Å². The molecule has 0 aliphatic carbocycles. The minimum absolute atomic E-state index is 0.548. The summed E-state index contributed by atoms with van der Waals surface area (Å²) in [5, 5.41) is 12.7. The zero-order chi connectivity index (χ0) is 14.4. The minimum Gasteiger partial charge on any atom is -0.493 e. The van der Waals surface area contributed by atoms with E-state index in [1.165, 1.54) is 0 Å². The van der Waals surface area contributed by atoms with Gasteiger partial charge in [0.1, 0.15) is 0 Å². The minimum atomic E-state index is 0.548. The first kappa shape index (κ1) is 13.9. The van der Waals surface area contributed by atoms with Gasteiger partial charge in [-0.2, -0.15) is 0 Å². The number of hydrogen-bond donors (Lipinski definition) is 1. The molecule has 0 radical (unpaired) electrons. The maximum absolute atomic E-state index is 9.25. The highest BCUT2D eigenvalue weighted by Gasteiger charge is 2.10. The number of oxime groups is 1. The van der Waals surface area contributed by atoms with Gasteiger partial charge in [-0.05, 0) is 23.8 Å². The van der Waals surface area contributed by atoms with Crippen molar-refractivity contribution in [2.75, 3.05) is 14.2 Å². The molecule has 0 atom stereocenters. The first-order valence-corrected chi connectivity index (χ1v) is 6.25. The topological polar surface area (TPSA) is 51.0 Å². The fourth-order valence-electron chi connectivity index (χ4n) is 2.00. The maximum atomic E-state index is 9.25. The summed E-state index contributed by atoms with van der Waals surface area (Å²) in [7, 11) is 3.16. The van der Waals surface area contributed by atoms with E-state index in [1.54, 1.807) is 26.4 Å². The average molecular weight is 271 g/mol. The van der Waals surface area contributed by atoms with Crippen LogP contribution in [0.2, 0.25) is 0 Å². The molecule has 4 heteroatoms. The zero-order valence-corrected chi connectivity index (χ0v) is 11.5. The summed E-state index contributed by atoms with van der Waals surface area (Å²) in [6, 6.07) is 15.3. The van der Waals surface area contributed by atoms with Gasteiger partial charge in [-0.25, -0.2) is 0 Å². The molecule has 0 aromatic heterocycles. The van der Waals surface area contributed by atoms with Gasteiger partial charge in [0.05, 0.1) is 19.9 Å². The molecule has 0 saturated heterocycles. The summed E-state index contributed by atoms with van der Waals surface area (Å²) in [4.78, 5) is 0. The quantitative estimate of drug-likeness (QED) is 0.516. The van der Waals surface area contributed by atoms with Crippen LogP contribution < -0.4 is 9.47 Å². The van der Waals surface area contributed by atoms with E-state index in [1.807, 2.05) is 36.4 Å². The summed E-state index contributed by atoms with van der Waals surface area (Å²) < 4.78 is 10.5. The lowest BCUT2D eigenvalue weighted by Crippen LogP contribution is -2.06. The highest BCUT2D eigenvalue weighted by molar-refractivity contribution is 6.02. The van der Waals surface area contributed by atoms with Gasteiger partial charge >= 0.3 is 0 Å². The van der Waals surface area contributed by atoms with Crippen LogP contribution in [0.1, 0.15) is 11.1 Å². The molecule has 0 aliphatic rings. The summed E-state index contributed by atoms with van der Waals surface area (Å²) in [5.74, 6) is 1.26. The summed E-state index contributed by atoms with van der Waals surface area (Å²) >= 11 is 0. The van der Waals surface area contributed by atoms with E-state index in [0.29, 0.717) is 23.6 Å². The maximum Gasteiger partial charge on any atom is 0.161 e. The van der Waals surface area contributed by atoms with Crippen molar-refractivity contribution in [3.8, 4) is 11.5 Å². The van der Waals surface area contributed by atoms with Crippen molar-refractivity contribution < 1.29 is 14.7 Å². The van der Waals surface area contributed by atoms with Crippen LogP contribution in [-0.4, -0.2) is 25.1 Å². The lowest BCUT2D eigenvalue weighted by molar-refractivity contribution is 0.318. The summed E-state index contributed by atoms with van der Waals surface area (Å²) in [6.07, 6.45) is 0.548. The SMILES string of the molecule is COc1ccc(C(Cc2ccccc2)=NO)cc1OC. The molecular formula is C16H17NO3. The third-order valence-electron chi connectivity index (χ3n) is 3.05. The fraction of sp³-hybridized carbons (Fsp3) is 0.188. The highest BCUT2D eigenvalue weighted by Crippen LogP contribution is 2.28. The van der Waals surface area contributed by atoms with Crippen LogP contribution in [0.5, 0.6) is 11.5 Å². The molecule has 0 fully saturated rings. The zero-order valence-electron chi connectivity index (χ0n) is 11.5. The Kier molecular flexibility index (Phi) is 4.60. The third kappa shape index (κ3) is 3.09. The molecule has 2 aromatic rings. The number of ether oxygens (including phenoxy) is 2. The predicted octanol–water partition coefficient (Wildman–Crippen LogP) is 3.12. The van der Waals surface area contributed by atoms with Crippen molar-refractivity contribution in [3.63, 3.8) is 0 Å². The molecule has 4 nitrogen and oxygen atoms in total. The van der Waals surface area contributed by atoms with E-state index >= 15 is 0 Å². The summed E-state index contributed by atoms with van der Waals surface area (Å²) in [6.45, 7) is 0. The molecule has 0 heterocycles. The molecule has 20 heavy (non-hydrogen) atoms. The molecule has 0 aliphatic heterocycles. The van der Waals surface area contributed by atoms with Gasteiger partial charge in [-0.3, -0.25) is 0 Å². The Balaban J connectivity index is 2.29. The smallest absolute Gasteiger partial charge is 0.161 e. The fourth-order valence-corrected chi connectivity index (χ4v) is 2.00. The second-order valence-electron chi connectivity index (χ2n) is 4.28. The number of nitrogens with zero attached hydrogens (tertiary/aromatic N) is 1. The average Bonchev–Trinajstić information content (AvgIpc) is 2.53. The molecule has 0 bridgehead atoms. The van der Waals surface area contributed by atoms with Gasteiger partial charge in [0.2, 0.25) is 0 Å². The number of hydrogen-bond acceptors (Lipinski definition) is 4. The molecule has 2 rings (SSSR count). The van der Waals surface area contributed by atoms with E-state index in [-0.39, 0.29) is 0 Å². The second kappa shape index (κ2) is 6.61. The normalized spacial score (nSPS) is 11.2. The molecule has 0 unspecified atom stereocenters.